The molecule has 0 fully saturated rings. The van der Waals surface area contributed by atoms with Crippen LogP contribution in [-0.4, -0.2) is 11.9 Å². The topological polar surface area (TPSA) is 55.1 Å². The van der Waals surface area contributed by atoms with Crippen molar-refractivity contribution in [1.29, 1.82) is 0 Å². The van der Waals surface area contributed by atoms with Crippen LogP contribution in [0.15, 0.2) is 28.7 Å². The van der Waals surface area contributed by atoms with Gasteiger partial charge in [-0.1, -0.05) is 54.9 Å². The molecule has 1 amide bonds. The van der Waals surface area contributed by atoms with Crippen molar-refractivity contribution in [3.05, 3.63) is 34.3 Å². The van der Waals surface area contributed by atoms with Gasteiger partial charge in [0.15, 0.2) is 0 Å². The Morgan fingerprint density at radius 3 is 2.50 bits per heavy atom. The summed E-state index contributed by atoms with van der Waals surface area (Å²) < 4.78 is 1.01. The van der Waals surface area contributed by atoms with Gasteiger partial charge in [0.05, 0.1) is 6.04 Å². The molecule has 3 N–H and O–H groups in total. The molecule has 0 heterocycles. The number of carbonyl (C=O) groups is 1. The van der Waals surface area contributed by atoms with E-state index in [0.29, 0.717) is 6.42 Å². The zero-order chi connectivity index (χ0) is 15.3. The fourth-order valence-electron chi connectivity index (χ4n) is 2.30. The molecule has 0 saturated carbocycles. The minimum absolute atomic E-state index is 0.00463. The summed E-state index contributed by atoms with van der Waals surface area (Å²) in [5, 5.41) is 3.00. The number of amides is 1. The van der Waals surface area contributed by atoms with Crippen molar-refractivity contribution in [3.8, 4) is 0 Å². The normalized spacial score (nSPS) is 14.7. The standard InChI is InChI=1S/C16H25BrN2O/c1-11(13-7-5-6-8-14(13)17)19-15(20)9-12(18)10-16(2,3)4/h5-8,11-12H,9-10,18H2,1-4H3,(H,19,20)/t11-,12?/m0/s1. The van der Waals surface area contributed by atoms with Gasteiger partial charge in [-0.05, 0) is 30.4 Å². The monoisotopic (exact) mass is 340 g/mol. The number of nitrogens with one attached hydrogen (secondary N) is 1. The first-order valence-electron chi connectivity index (χ1n) is 6.98. The third kappa shape index (κ3) is 6.06. The van der Waals surface area contributed by atoms with E-state index in [1.54, 1.807) is 0 Å². The van der Waals surface area contributed by atoms with Gasteiger partial charge in [-0.2, -0.15) is 0 Å². The smallest absolute Gasteiger partial charge is 0.222 e. The molecule has 2 atom stereocenters. The van der Waals surface area contributed by atoms with Gasteiger partial charge in [0.2, 0.25) is 5.91 Å². The first kappa shape index (κ1) is 17.2. The summed E-state index contributed by atoms with van der Waals surface area (Å²) in [7, 11) is 0. The number of rotatable bonds is 5. The minimum Gasteiger partial charge on any atom is -0.349 e. The third-order valence-electron chi connectivity index (χ3n) is 3.07. The van der Waals surface area contributed by atoms with Crippen molar-refractivity contribution in [2.24, 2.45) is 11.1 Å². The zero-order valence-corrected chi connectivity index (χ0v) is 14.3. The summed E-state index contributed by atoms with van der Waals surface area (Å²) in [6.07, 6.45) is 1.20. The number of carbonyl (C=O) groups excluding carboxylic acids is 1. The Morgan fingerprint density at radius 1 is 1.35 bits per heavy atom. The molecule has 1 aromatic rings. The third-order valence-corrected chi connectivity index (χ3v) is 3.79. The maximum Gasteiger partial charge on any atom is 0.222 e. The lowest BCUT2D eigenvalue weighted by Gasteiger charge is -2.23. The van der Waals surface area contributed by atoms with Crippen LogP contribution in [0, 0.1) is 5.41 Å². The van der Waals surface area contributed by atoms with Gasteiger partial charge in [-0.15, -0.1) is 0 Å². The van der Waals surface area contributed by atoms with E-state index in [0.717, 1.165) is 16.5 Å². The predicted octanol–water partition coefficient (Wildman–Crippen LogP) is 3.78. The van der Waals surface area contributed by atoms with Gasteiger partial charge < -0.3 is 11.1 Å². The van der Waals surface area contributed by atoms with Crippen molar-refractivity contribution >= 4 is 21.8 Å². The molecule has 0 aliphatic heterocycles. The second-order valence-electron chi connectivity index (χ2n) is 6.54. The van der Waals surface area contributed by atoms with Crippen LogP contribution in [0.25, 0.3) is 0 Å². The van der Waals surface area contributed by atoms with Crippen LogP contribution >= 0.6 is 15.9 Å². The summed E-state index contributed by atoms with van der Waals surface area (Å²) >= 11 is 3.50. The van der Waals surface area contributed by atoms with Crippen LogP contribution in [0.3, 0.4) is 0 Å². The fraction of sp³-hybridized carbons (Fsp3) is 0.562. The summed E-state index contributed by atoms with van der Waals surface area (Å²) in [4.78, 5) is 12.0. The molecule has 0 radical (unpaired) electrons. The number of nitrogens with two attached hydrogens (primary N) is 1. The molecule has 1 rings (SSSR count). The SMILES string of the molecule is C[C@H](NC(=O)CC(N)CC(C)(C)C)c1ccccc1Br. The molecule has 0 spiro atoms. The van der Waals surface area contributed by atoms with Gasteiger partial charge in [0, 0.05) is 16.9 Å². The first-order chi connectivity index (χ1) is 9.19. The molecule has 4 heteroatoms. The van der Waals surface area contributed by atoms with Gasteiger partial charge in [-0.25, -0.2) is 0 Å². The van der Waals surface area contributed by atoms with Gasteiger partial charge in [0.25, 0.3) is 0 Å². The average Bonchev–Trinajstić information content (AvgIpc) is 2.25. The Hall–Kier alpha value is -0.870. The number of hydrogen-bond acceptors (Lipinski definition) is 2. The average molecular weight is 341 g/mol. The van der Waals surface area contributed by atoms with E-state index in [-0.39, 0.29) is 23.4 Å². The van der Waals surface area contributed by atoms with Crippen molar-refractivity contribution in [1.82, 2.24) is 5.32 Å². The molecule has 1 aromatic carbocycles. The van der Waals surface area contributed by atoms with Crippen LogP contribution < -0.4 is 11.1 Å². The second kappa shape index (κ2) is 7.23. The fourth-order valence-corrected chi connectivity index (χ4v) is 2.93. The molecule has 1 unspecified atom stereocenters. The molecule has 20 heavy (non-hydrogen) atoms. The predicted molar refractivity (Wildman–Crippen MR) is 87.4 cm³/mol. The largest absolute Gasteiger partial charge is 0.349 e. The molecule has 0 bridgehead atoms. The summed E-state index contributed by atoms with van der Waals surface area (Å²) in [6.45, 7) is 8.38. The molecule has 0 aromatic heterocycles. The van der Waals surface area contributed by atoms with Crippen molar-refractivity contribution in [3.63, 3.8) is 0 Å². The van der Waals surface area contributed by atoms with E-state index in [4.69, 9.17) is 5.73 Å². The molecule has 112 valence electrons. The lowest BCUT2D eigenvalue weighted by Crippen LogP contribution is -2.35. The highest BCUT2D eigenvalue weighted by atomic mass is 79.9. The molecular formula is C16H25BrN2O. The lowest BCUT2D eigenvalue weighted by molar-refractivity contribution is -0.122. The highest BCUT2D eigenvalue weighted by Crippen LogP contribution is 2.23. The van der Waals surface area contributed by atoms with E-state index >= 15 is 0 Å². The molecule has 3 nitrogen and oxygen atoms in total. The van der Waals surface area contributed by atoms with E-state index in [1.165, 1.54) is 0 Å². The van der Waals surface area contributed by atoms with E-state index in [1.807, 2.05) is 31.2 Å². The van der Waals surface area contributed by atoms with E-state index in [9.17, 15) is 4.79 Å². The maximum atomic E-state index is 12.0. The number of benzene rings is 1. The summed E-state index contributed by atoms with van der Waals surface area (Å²) in [6, 6.07) is 7.78. The maximum absolute atomic E-state index is 12.0. The Bertz CT molecular complexity index is 454. The number of halogens is 1. The summed E-state index contributed by atoms with van der Waals surface area (Å²) in [5.74, 6) is 0.00463. The quantitative estimate of drug-likeness (QED) is 0.856. The van der Waals surface area contributed by atoms with Gasteiger partial charge >= 0.3 is 0 Å². The molecular weight excluding hydrogens is 316 g/mol. The Labute approximate surface area is 130 Å². The second-order valence-corrected chi connectivity index (χ2v) is 7.39. The van der Waals surface area contributed by atoms with Crippen LogP contribution in [0.5, 0.6) is 0 Å². The number of hydrogen-bond donors (Lipinski definition) is 2. The Kier molecular flexibility index (Phi) is 6.21. The zero-order valence-electron chi connectivity index (χ0n) is 12.7. The highest BCUT2D eigenvalue weighted by molar-refractivity contribution is 9.10. The van der Waals surface area contributed by atoms with Crippen LogP contribution in [0.2, 0.25) is 0 Å². The molecule has 0 aliphatic rings. The van der Waals surface area contributed by atoms with Crippen LogP contribution in [0.4, 0.5) is 0 Å². The lowest BCUT2D eigenvalue weighted by atomic mass is 9.87. The molecule has 0 saturated heterocycles. The first-order valence-corrected chi connectivity index (χ1v) is 7.78. The Morgan fingerprint density at radius 2 is 1.95 bits per heavy atom. The minimum atomic E-state index is -0.0959. The van der Waals surface area contributed by atoms with E-state index < -0.39 is 0 Å². The molecule has 0 aliphatic carbocycles. The van der Waals surface area contributed by atoms with Crippen LogP contribution in [-0.2, 0) is 4.79 Å². The van der Waals surface area contributed by atoms with Crippen LogP contribution in [0.1, 0.15) is 52.1 Å². The van der Waals surface area contributed by atoms with Crippen molar-refractivity contribution in [2.75, 3.05) is 0 Å². The summed E-state index contributed by atoms with van der Waals surface area (Å²) in [5.41, 5.74) is 7.26. The van der Waals surface area contributed by atoms with Crippen molar-refractivity contribution in [2.45, 2.75) is 52.6 Å². The van der Waals surface area contributed by atoms with Gasteiger partial charge in [-0.3, -0.25) is 4.79 Å². The Balaban J connectivity index is 2.52. The van der Waals surface area contributed by atoms with Gasteiger partial charge in [0.1, 0.15) is 0 Å². The van der Waals surface area contributed by atoms with Crippen molar-refractivity contribution < 1.29 is 4.79 Å². The highest BCUT2D eigenvalue weighted by Gasteiger charge is 2.19. The van der Waals surface area contributed by atoms with E-state index in [2.05, 4.69) is 42.0 Å².